The molecule has 128 valence electrons. The SMILES string of the molecule is Cc1ccc(-c2noc(CS(=O)(=O)CC=Cc3ccccc3)n2)cc1. The molecule has 6 heteroatoms. The molecule has 0 unspecified atom stereocenters. The average molecular weight is 354 g/mol. The normalized spacial score (nSPS) is 11.9. The molecular weight excluding hydrogens is 336 g/mol. The van der Waals surface area contributed by atoms with Crippen LogP contribution >= 0.6 is 0 Å². The van der Waals surface area contributed by atoms with Crippen molar-refractivity contribution < 1.29 is 12.9 Å². The van der Waals surface area contributed by atoms with Crippen LogP contribution in [0.2, 0.25) is 0 Å². The Labute approximate surface area is 146 Å². The summed E-state index contributed by atoms with van der Waals surface area (Å²) in [4.78, 5) is 4.18. The molecule has 0 aliphatic heterocycles. The summed E-state index contributed by atoms with van der Waals surface area (Å²) < 4.78 is 29.5. The van der Waals surface area contributed by atoms with Crippen LogP contribution in [0, 0.1) is 6.92 Å². The van der Waals surface area contributed by atoms with E-state index in [9.17, 15) is 8.42 Å². The Morgan fingerprint density at radius 2 is 1.76 bits per heavy atom. The van der Waals surface area contributed by atoms with Crippen LogP contribution in [0.4, 0.5) is 0 Å². The van der Waals surface area contributed by atoms with Crippen molar-refractivity contribution in [3.63, 3.8) is 0 Å². The molecule has 1 aromatic heterocycles. The summed E-state index contributed by atoms with van der Waals surface area (Å²) in [5, 5.41) is 3.86. The molecule has 0 bridgehead atoms. The van der Waals surface area contributed by atoms with E-state index in [1.165, 1.54) is 0 Å². The van der Waals surface area contributed by atoms with E-state index in [2.05, 4.69) is 10.1 Å². The molecule has 0 aliphatic rings. The van der Waals surface area contributed by atoms with Crippen molar-refractivity contribution in [3.05, 3.63) is 77.7 Å². The van der Waals surface area contributed by atoms with Gasteiger partial charge < -0.3 is 4.52 Å². The van der Waals surface area contributed by atoms with Crippen molar-refractivity contribution in [3.8, 4) is 11.4 Å². The van der Waals surface area contributed by atoms with E-state index < -0.39 is 9.84 Å². The summed E-state index contributed by atoms with van der Waals surface area (Å²) in [5.74, 6) is 0.142. The first kappa shape index (κ1) is 17.1. The quantitative estimate of drug-likeness (QED) is 0.675. The van der Waals surface area contributed by atoms with E-state index in [1.54, 1.807) is 12.2 Å². The largest absolute Gasteiger partial charge is 0.338 e. The maximum absolute atomic E-state index is 12.2. The molecule has 3 rings (SSSR count). The van der Waals surface area contributed by atoms with E-state index in [0.717, 1.165) is 16.7 Å². The minimum Gasteiger partial charge on any atom is -0.338 e. The van der Waals surface area contributed by atoms with Crippen LogP contribution in [0.25, 0.3) is 17.5 Å². The summed E-state index contributed by atoms with van der Waals surface area (Å²) >= 11 is 0. The van der Waals surface area contributed by atoms with Gasteiger partial charge in [-0.3, -0.25) is 0 Å². The molecule has 0 spiro atoms. The molecule has 2 aromatic carbocycles. The first-order valence-corrected chi connectivity index (χ1v) is 9.66. The fourth-order valence-electron chi connectivity index (χ4n) is 2.28. The fourth-order valence-corrected chi connectivity index (χ4v) is 3.28. The highest BCUT2D eigenvalue weighted by Gasteiger charge is 2.16. The summed E-state index contributed by atoms with van der Waals surface area (Å²) in [6.07, 6.45) is 3.41. The van der Waals surface area contributed by atoms with Gasteiger partial charge in [-0.1, -0.05) is 77.5 Å². The zero-order valence-corrected chi connectivity index (χ0v) is 14.6. The molecule has 0 radical (unpaired) electrons. The third-order valence-corrected chi connectivity index (χ3v) is 4.97. The molecule has 0 saturated carbocycles. The predicted molar refractivity (Wildman–Crippen MR) is 97.4 cm³/mol. The number of aromatic nitrogens is 2. The molecule has 0 atom stereocenters. The molecule has 1 heterocycles. The zero-order chi connectivity index (χ0) is 17.7. The van der Waals surface area contributed by atoms with Gasteiger partial charge in [-0.05, 0) is 12.5 Å². The van der Waals surface area contributed by atoms with Crippen molar-refractivity contribution in [2.45, 2.75) is 12.7 Å². The molecule has 5 nitrogen and oxygen atoms in total. The van der Waals surface area contributed by atoms with Gasteiger partial charge in [0.1, 0.15) is 5.75 Å². The van der Waals surface area contributed by atoms with E-state index in [1.807, 2.05) is 61.5 Å². The van der Waals surface area contributed by atoms with Crippen LogP contribution in [0.5, 0.6) is 0 Å². The monoisotopic (exact) mass is 354 g/mol. The van der Waals surface area contributed by atoms with Gasteiger partial charge in [0.25, 0.3) is 0 Å². The summed E-state index contributed by atoms with van der Waals surface area (Å²) in [6.45, 7) is 1.99. The highest BCUT2D eigenvalue weighted by Crippen LogP contribution is 2.17. The van der Waals surface area contributed by atoms with Crippen molar-refractivity contribution in [2.24, 2.45) is 0 Å². The lowest BCUT2D eigenvalue weighted by Gasteiger charge is -1.97. The molecule has 0 N–H and O–H groups in total. The van der Waals surface area contributed by atoms with E-state index in [-0.39, 0.29) is 17.4 Å². The fraction of sp³-hybridized carbons (Fsp3) is 0.158. The molecule has 0 saturated heterocycles. The molecule has 0 aliphatic carbocycles. The number of aryl methyl sites for hydroxylation is 1. The number of benzene rings is 2. The summed E-state index contributed by atoms with van der Waals surface area (Å²) in [7, 11) is -3.36. The lowest BCUT2D eigenvalue weighted by atomic mass is 10.1. The lowest BCUT2D eigenvalue weighted by molar-refractivity contribution is 0.389. The van der Waals surface area contributed by atoms with Gasteiger partial charge in [0, 0.05) is 5.56 Å². The molecule has 25 heavy (non-hydrogen) atoms. The number of hydrogen-bond acceptors (Lipinski definition) is 5. The summed E-state index contributed by atoms with van der Waals surface area (Å²) in [5.41, 5.74) is 2.87. The molecular formula is C19H18N2O3S. The molecule has 3 aromatic rings. The second-order valence-electron chi connectivity index (χ2n) is 5.75. The second-order valence-corrected chi connectivity index (χ2v) is 7.85. The average Bonchev–Trinajstić information content (AvgIpc) is 3.04. The Morgan fingerprint density at radius 3 is 2.48 bits per heavy atom. The number of nitrogens with zero attached hydrogens (tertiary/aromatic N) is 2. The van der Waals surface area contributed by atoms with Gasteiger partial charge in [-0.25, -0.2) is 8.42 Å². The Kier molecular flexibility index (Phi) is 5.09. The van der Waals surface area contributed by atoms with E-state index in [0.29, 0.717) is 5.82 Å². The molecule has 0 fully saturated rings. The summed E-state index contributed by atoms with van der Waals surface area (Å²) in [6, 6.07) is 17.2. The minimum atomic E-state index is -3.36. The van der Waals surface area contributed by atoms with Gasteiger partial charge >= 0.3 is 0 Å². The van der Waals surface area contributed by atoms with Crippen molar-refractivity contribution in [1.82, 2.24) is 10.1 Å². The maximum Gasteiger partial charge on any atom is 0.242 e. The van der Waals surface area contributed by atoms with Crippen LogP contribution in [0.15, 0.2) is 65.2 Å². The van der Waals surface area contributed by atoms with Crippen LogP contribution in [-0.2, 0) is 15.6 Å². The number of sulfone groups is 1. The second kappa shape index (κ2) is 7.44. The first-order chi connectivity index (χ1) is 12.0. The zero-order valence-electron chi connectivity index (χ0n) is 13.8. The van der Waals surface area contributed by atoms with Gasteiger partial charge in [0.2, 0.25) is 11.7 Å². The number of hydrogen-bond donors (Lipinski definition) is 0. The first-order valence-electron chi connectivity index (χ1n) is 7.83. The van der Waals surface area contributed by atoms with Crippen LogP contribution in [0.1, 0.15) is 17.0 Å². The maximum atomic E-state index is 12.2. The Balaban J connectivity index is 1.65. The Bertz CT molecular complexity index is 959. The Morgan fingerprint density at radius 1 is 1.04 bits per heavy atom. The predicted octanol–water partition coefficient (Wildman–Crippen LogP) is 3.67. The minimum absolute atomic E-state index is 0.0792. The van der Waals surface area contributed by atoms with Gasteiger partial charge in [0.15, 0.2) is 9.84 Å². The van der Waals surface area contributed by atoms with Gasteiger partial charge in [-0.15, -0.1) is 0 Å². The van der Waals surface area contributed by atoms with Crippen LogP contribution in [0.3, 0.4) is 0 Å². The van der Waals surface area contributed by atoms with E-state index in [4.69, 9.17) is 4.52 Å². The lowest BCUT2D eigenvalue weighted by Crippen LogP contribution is -2.07. The highest BCUT2D eigenvalue weighted by atomic mass is 32.2. The van der Waals surface area contributed by atoms with E-state index >= 15 is 0 Å². The standard InChI is InChI=1S/C19H18N2O3S/c1-15-9-11-17(12-10-15)19-20-18(24-21-19)14-25(22,23)13-5-8-16-6-3-2-4-7-16/h2-12H,13-14H2,1H3. The van der Waals surface area contributed by atoms with Crippen molar-refractivity contribution in [1.29, 1.82) is 0 Å². The van der Waals surface area contributed by atoms with Crippen LogP contribution in [-0.4, -0.2) is 24.3 Å². The highest BCUT2D eigenvalue weighted by molar-refractivity contribution is 7.90. The Hall–Kier alpha value is -2.73. The molecule has 0 amide bonds. The van der Waals surface area contributed by atoms with Crippen molar-refractivity contribution in [2.75, 3.05) is 5.75 Å². The third-order valence-electron chi connectivity index (χ3n) is 3.58. The topological polar surface area (TPSA) is 73.1 Å². The van der Waals surface area contributed by atoms with Gasteiger partial charge in [-0.2, -0.15) is 4.98 Å². The van der Waals surface area contributed by atoms with Gasteiger partial charge in [0.05, 0.1) is 5.75 Å². The smallest absolute Gasteiger partial charge is 0.242 e. The van der Waals surface area contributed by atoms with Crippen molar-refractivity contribution >= 4 is 15.9 Å². The van der Waals surface area contributed by atoms with Crippen LogP contribution < -0.4 is 0 Å². The third kappa shape index (κ3) is 4.87. The number of rotatable bonds is 6.